The van der Waals surface area contributed by atoms with Gasteiger partial charge in [0.1, 0.15) is 0 Å². The molecular formula is C42H22B2N2. The number of hydrogen-bond acceptors (Lipinski definition) is 0. The van der Waals surface area contributed by atoms with Gasteiger partial charge in [-0.25, -0.2) is 0 Å². The van der Waals surface area contributed by atoms with Gasteiger partial charge in [0.05, 0.1) is 11.0 Å². The predicted molar refractivity (Wildman–Crippen MR) is 195 cm³/mol. The molecule has 4 aliphatic rings. The molecule has 0 N–H and O–H groups in total. The van der Waals surface area contributed by atoms with Crippen LogP contribution in [0.1, 0.15) is 0 Å². The summed E-state index contributed by atoms with van der Waals surface area (Å²) in [5.41, 5.74) is 22.1. The molecule has 0 amide bonds. The van der Waals surface area contributed by atoms with Crippen molar-refractivity contribution in [1.82, 2.24) is 9.13 Å². The van der Waals surface area contributed by atoms with Crippen LogP contribution in [-0.2, 0) is 0 Å². The van der Waals surface area contributed by atoms with E-state index in [1.54, 1.807) is 0 Å². The fourth-order valence-electron chi connectivity index (χ4n) is 10.1. The molecule has 4 heteroatoms. The van der Waals surface area contributed by atoms with Gasteiger partial charge in [0, 0.05) is 44.0 Å². The minimum atomic E-state index is 0.202. The van der Waals surface area contributed by atoms with Gasteiger partial charge in [-0.3, -0.25) is 0 Å². The van der Waals surface area contributed by atoms with Crippen molar-refractivity contribution in [3.63, 3.8) is 0 Å². The number of nitrogens with zero attached hydrogens (tertiary/aromatic N) is 2. The van der Waals surface area contributed by atoms with Crippen molar-refractivity contribution < 1.29 is 0 Å². The van der Waals surface area contributed by atoms with E-state index in [9.17, 15) is 0 Å². The summed E-state index contributed by atoms with van der Waals surface area (Å²) in [6, 6.07) is 50.9. The Morgan fingerprint density at radius 3 is 1.28 bits per heavy atom. The van der Waals surface area contributed by atoms with Crippen LogP contribution in [0, 0.1) is 0 Å². The molecule has 9 aromatic rings. The Morgan fingerprint density at radius 2 is 0.783 bits per heavy atom. The normalized spacial score (nSPS) is 14.0. The average Bonchev–Trinajstić information content (AvgIpc) is 3.83. The van der Waals surface area contributed by atoms with Crippen molar-refractivity contribution in [3.8, 4) is 33.6 Å². The molecule has 7 aromatic carbocycles. The predicted octanol–water partition coefficient (Wildman–Crippen LogP) is 5.50. The molecule has 0 aliphatic carbocycles. The highest BCUT2D eigenvalue weighted by Gasteiger charge is 2.45. The van der Waals surface area contributed by atoms with E-state index in [1.165, 1.54) is 110 Å². The largest absolute Gasteiger partial charge is 0.310 e. The fraction of sp³-hybridized carbons (Fsp3) is 0. The van der Waals surface area contributed by atoms with Crippen LogP contribution in [0.2, 0.25) is 0 Å². The maximum Gasteiger partial charge on any atom is 0.248 e. The molecular weight excluding hydrogens is 554 g/mol. The molecule has 2 nitrogen and oxygen atoms in total. The number of aromatic nitrogens is 2. The van der Waals surface area contributed by atoms with Gasteiger partial charge in [0.25, 0.3) is 0 Å². The first-order valence-electron chi connectivity index (χ1n) is 16.4. The number of benzene rings is 7. The summed E-state index contributed by atoms with van der Waals surface area (Å²) in [6.07, 6.45) is 0. The van der Waals surface area contributed by atoms with Crippen molar-refractivity contribution >= 4 is 89.8 Å². The van der Waals surface area contributed by atoms with Gasteiger partial charge < -0.3 is 9.13 Å². The minimum Gasteiger partial charge on any atom is -0.310 e. The van der Waals surface area contributed by atoms with Gasteiger partial charge in [0.15, 0.2) is 0 Å². The third-order valence-corrected chi connectivity index (χ3v) is 11.7. The lowest BCUT2D eigenvalue weighted by molar-refractivity contribution is 1.16. The van der Waals surface area contributed by atoms with Crippen molar-refractivity contribution in [2.24, 2.45) is 0 Å². The first kappa shape index (κ1) is 22.7. The zero-order chi connectivity index (χ0) is 29.4. The molecule has 46 heavy (non-hydrogen) atoms. The molecule has 206 valence electrons. The maximum absolute atomic E-state index is 2.60. The highest BCUT2D eigenvalue weighted by atomic mass is 15.0. The van der Waals surface area contributed by atoms with Crippen LogP contribution in [0.15, 0.2) is 133 Å². The van der Waals surface area contributed by atoms with Crippen molar-refractivity contribution in [2.45, 2.75) is 0 Å². The number of hydrogen-bond donors (Lipinski definition) is 0. The van der Waals surface area contributed by atoms with E-state index in [-0.39, 0.29) is 13.4 Å². The lowest BCUT2D eigenvalue weighted by Crippen LogP contribution is -2.57. The monoisotopic (exact) mass is 576 g/mol. The summed E-state index contributed by atoms with van der Waals surface area (Å²) in [5, 5.41) is 5.37. The van der Waals surface area contributed by atoms with E-state index in [0.717, 1.165) is 0 Å². The molecule has 0 bridgehead atoms. The Bertz CT molecular complexity index is 2740. The fourth-order valence-corrected chi connectivity index (χ4v) is 10.1. The Balaban J connectivity index is 1.26. The molecule has 13 rings (SSSR count). The van der Waals surface area contributed by atoms with Crippen LogP contribution in [0.5, 0.6) is 0 Å². The van der Waals surface area contributed by atoms with Crippen molar-refractivity contribution in [1.29, 1.82) is 0 Å². The second-order valence-corrected chi connectivity index (χ2v) is 13.6. The van der Waals surface area contributed by atoms with Crippen LogP contribution < -0.4 is 32.8 Å². The lowest BCUT2D eigenvalue weighted by Gasteiger charge is -2.31. The van der Waals surface area contributed by atoms with Gasteiger partial charge in [-0.2, -0.15) is 0 Å². The zero-order valence-electron chi connectivity index (χ0n) is 24.8. The van der Waals surface area contributed by atoms with Gasteiger partial charge in [-0.05, 0) is 68.4 Å². The standard InChI is InChI=1S/C42H22B2N2/c1-5-13-31-23(9-1)27-17-19-29-25-11-3-7-15-35(25)45-37-22-34-38(21-33(37)43(31)39(27)41(29)45)46-36-16-8-4-12-26(36)30-20-18-28-24-10-2-6-14-32(24)44(34)40(28)42(30)46/h1-22H. The van der Waals surface area contributed by atoms with Crippen molar-refractivity contribution in [2.75, 3.05) is 0 Å². The minimum absolute atomic E-state index is 0.202. The molecule has 0 saturated heterocycles. The average molecular weight is 576 g/mol. The van der Waals surface area contributed by atoms with E-state index in [0.29, 0.717) is 0 Å². The topological polar surface area (TPSA) is 9.86 Å². The first-order valence-corrected chi connectivity index (χ1v) is 16.4. The molecule has 6 heterocycles. The Morgan fingerprint density at radius 1 is 0.348 bits per heavy atom. The second kappa shape index (κ2) is 7.38. The third kappa shape index (κ3) is 2.29. The number of fused-ring (bicyclic) bond motifs is 18. The molecule has 0 radical (unpaired) electrons. The SMILES string of the molecule is c1ccc2c(c1)B1c3cc4c(cc3-n3c5ccccc5c5ccc-2c1c53)B1c2ccccc2-c2ccc3c5ccccc5n-4c3c21. The summed E-state index contributed by atoms with van der Waals surface area (Å²) in [5.74, 6) is 0. The molecule has 0 unspecified atom stereocenters. The summed E-state index contributed by atoms with van der Waals surface area (Å²) >= 11 is 0. The van der Waals surface area contributed by atoms with Crippen molar-refractivity contribution in [3.05, 3.63) is 133 Å². The molecule has 0 atom stereocenters. The van der Waals surface area contributed by atoms with Gasteiger partial charge >= 0.3 is 0 Å². The Labute approximate surface area is 265 Å². The summed E-state index contributed by atoms with van der Waals surface area (Å²) < 4.78 is 5.21. The van der Waals surface area contributed by atoms with E-state index in [1.807, 2.05) is 0 Å². The molecule has 0 saturated carbocycles. The lowest BCUT2D eigenvalue weighted by atomic mass is 9.35. The second-order valence-electron chi connectivity index (χ2n) is 13.6. The smallest absolute Gasteiger partial charge is 0.248 e. The molecule has 0 fully saturated rings. The van der Waals surface area contributed by atoms with Crippen LogP contribution >= 0.6 is 0 Å². The van der Waals surface area contributed by atoms with Crippen LogP contribution in [-0.4, -0.2) is 22.6 Å². The van der Waals surface area contributed by atoms with Gasteiger partial charge in [-0.15, -0.1) is 0 Å². The molecule has 2 aromatic heterocycles. The highest BCUT2D eigenvalue weighted by Crippen LogP contribution is 2.41. The summed E-state index contributed by atoms with van der Waals surface area (Å²) in [7, 11) is 0. The van der Waals surface area contributed by atoms with Gasteiger partial charge in [-0.1, -0.05) is 120 Å². The highest BCUT2D eigenvalue weighted by molar-refractivity contribution is 7.03. The van der Waals surface area contributed by atoms with E-state index in [4.69, 9.17) is 0 Å². The Hall–Kier alpha value is -5.73. The quantitative estimate of drug-likeness (QED) is 0.211. The van der Waals surface area contributed by atoms with E-state index >= 15 is 0 Å². The number of para-hydroxylation sites is 2. The van der Waals surface area contributed by atoms with Crippen LogP contribution in [0.4, 0.5) is 0 Å². The molecule has 4 aliphatic heterocycles. The summed E-state index contributed by atoms with van der Waals surface area (Å²) in [4.78, 5) is 0. The Kier molecular flexibility index (Phi) is 3.65. The van der Waals surface area contributed by atoms with Crippen LogP contribution in [0.25, 0.3) is 77.2 Å². The first-order chi connectivity index (χ1) is 22.9. The van der Waals surface area contributed by atoms with Crippen LogP contribution in [0.3, 0.4) is 0 Å². The zero-order valence-corrected chi connectivity index (χ0v) is 24.8. The van der Waals surface area contributed by atoms with Gasteiger partial charge in [0.2, 0.25) is 13.4 Å². The summed E-state index contributed by atoms with van der Waals surface area (Å²) in [6.45, 7) is 0.404. The third-order valence-electron chi connectivity index (χ3n) is 11.7. The van der Waals surface area contributed by atoms with E-state index < -0.39 is 0 Å². The maximum atomic E-state index is 2.60. The number of rotatable bonds is 0. The molecule has 0 spiro atoms. The van der Waals surface area contributed by atoms with E-state index in [2.05, 4.69) is 143 Å².